The van der Waals surface area contributed by atoms with Crippen LogP contribution in [0.15, 0.2) is 82.6 Å². The van der Waals surface area contributed by atoms with Gasteiger partial charge in [-0.1, -0.05) is 40.2 Å². The number of halogens is 2. The number of aromatic nitrogens is 2. The van der Waals surface area contributed by atoms with Crippen molar-refractivity contribution in [2.24, 2.45) is 0 Å². The molecular weight excluding hydrogens is 425 g/mol. The second-order valence-electron chi connectivity index (χ2n) is 6.01. The van der Waals surface area contributed by atoms with Gasteiger partial charge in [-0.3, -0.25) is 9.59 Å². The van der Waals surface area contributed by atoms with Crippen molar-refractivity contribution >= 4 is 21.8 Å². The van der Waals surface area contributed by atoms with Crippen molar-refractivity contribution in [3.63, 3.8) is 0 Å². The van der Waals surface area contributed by atoms with Gasteiger partial charge in [-0.25, -0.2) is 4.39 Å². The van der Waals surface area contributed by atoms with E-state index in [4.69, 9.17) is 0 Å². The van der Waals surface area contributed by atoms with Gasteiger partial charge in [-0.05, 0) is 36.4 Å². The van der Waals surface area contributed by atoms with Crippen LogP contribution < -0.4 is 5.56 Å². The molecule has 0 unspecified atom stereocenters. The Morgan fingerprint density at radius 2 is 1.93 bits per heavy atom. The molecule has 28 heavy (non-hydrogen) atoms. The molecule has 0 aliphatic rings. The van der Waals surface area contributed by atoms with Crippen LogP contribution in [0.2, 0.25) is 0 Å². The zero-order valence-electron chi connectivity index (χ0n) is 14.9. The van der Waals surface area contributed by atoms with E-state index in [0.717, 1.165) is 0 Å². The summed E-state index contributed by atoms with van der Waals surface area (Å²) in [7, 11) is 0. The second kappa shape index (κ2) is 8.75. The van der Waals surface area contributed by atoms with E-state index in [1.54, 1.807) is 42.5 Å². The fourth-order valence-electron chi connectivity index (χ4n) is 2.69. The first kappa shape index (κ1) is 19.7. The van der Waals surface area contributed by atoms with Crippen LogP contribution in [0.3, 0.4) is 0 Å². The molecule has 7 heteroatoms. The van der Waals surface area contributed by atoms with Crippen LogP contribution >= 0.6 is 15.9 Å². The van der Waals surface area contributed by atoms with Gasteiger partial charge in [0.1, 0.15) is 11.5 Å². The highest BCUT2D eigenvalue weighted by Crippen LogP contribution is 2.18. The van der Waals surface area contributed by atoms with Crippen molar-refractivity contribution in [3.8, 4) is 5.69 Å². The Bertz CT molecular complexity index is 1070. The summed E-state index contributed by atoms with van der Waals surface area (Å²) < 4.78 is 16.0. The van der Waals surface area contributed by atoms with E-state index in [2.05, 4.69) is 27.6 Å². The number of carbonyl (C=O) groups is 1. The molecule has 5 nitrogen and oxygen atoms in total. The molecule has 0 N–H and O–H groups in total. The van der Waals surface area contributed by atoms with Crippen LogP contribution in [0.5, 0.6) is 0 Å². The third-order valence-corrected chi connectivity index (χ3v) is 4.52. The zero-order chi connectivity index (χ0) is 20.1. The first-order chi connectivity index (χ1) is 13.5. The smallest absolute Gasteiger partial charge is 0.274 e. The first-order valence-corrected chi connectivity index (χ1v) is 9.29. The third-order valence-electron chi connectivity index (χ3n) is 4.03. The average molecular weight is 442 g/mol. The number of hydrogen-bond acceptors (Lipinski definition) is 3. The molecule has 0 atom stereocenters. The molecule has 0 radical (unpaired) electrons. The van der Waals surface area contributed by atoms with E-state index >= 15 is 0 Å². The molecule has 1 heterocycles. The predicted octanol–water partition coefficient (Wildman–Crippen LogP) is 3.96. The fraction of sp³-hybridized carbons (Fsp3) is 0.0952. The summed E-state index contributed by atoms with van der Waals surface area (Å²) >= 11 is 3.31. The Hall–Kier alpha value is -3.06. The minimum absolute atomic E-state index is 0.0439. The highest BCUT2D eigenvalue weighted by molar-refractivity contribution is 9.10. The van der Waals surface area contributed by atoms with Gasteiger partial charge in [-0.2, -0.15) is 9.78 Å². The lowest BCUT2D eigenvalue weighted by molar-refractivity contribution is 0.0753. The molecule has 0 saturated carbocycles. The normalized spacial score (nSPS) is 10.5. The molecule has 3 aromatic rings. The van der Waals surface area contributed by atoms with Gasteiger partial charge in [-0.15, -0.1) is 6.58 Å². The molecule has 0 bridgehead atoms. The molecule has 0 aliphatic carbocycles. The van der Waals surface area contributed by atoms with Gasteiger partial charge < -0.3 is 4.90 Å². The number of benzene rings is 2. The average Bonchev–Trinajstić information content (AvgIpc) is 2.71. The van der Waals surface area contributed by atoms with E-state index in [0.29, 0.717) is 15.7 Å². The monoisotopic (exact) mass is 441 g/mol. The van der Waals surface area contributed by atoms with Crippen LogP contribution in [0, 0.1) is 5.82 Å². The van der Waals surface area contributed by atoms with E-state index in [1.165, 1.54) is 27.8 Å². The van der Waals surface area contributed by atoms with Gasteiger partial charge in [0.2, 0.25) is 0 Å². The van der Waals surface area contributed by atoms with Crippen LogP contribution in [0.1, 0.15) is 16.1 Å². The summed E-state index contributed by atoms with van der Waals surface area (Å²) in [5.74, 6) is -0.837. The number of amides is 1. The first-order valence-electron chi connectivity index (χ1n) is 8.49. The lowest BCUT2D eigenvalue weighted by Gasteiger charge is -2.21. The van der Waals surface area contributed by atoms with E-state index < -0.39 is 11.7 Å². The molecule has 142 valence electrons. The van der Waals surface area contributed by atoms with Gasteiger partial charge in [0, 0.05) is 29.2 Å². The van der Waals surface area contributed by atoms with Crippen molar-refractivity contribution < 1.29 is 9.18 Å². The van der Waals surface area contributed by atoms with Crippen molar-refractivity contribution in [2.45, 2.75) is 6.54 Å². The van der Waals surface area contributed by atoms with Crippen molar-refractivity contribution in [2.75, 3.05) is 6.54 Å². The van der Waals surface area contributed by atoms with Crippen molar-refractivity contribution in [1.29, 1.82) is 0 Å². The zero-order valence-corrected chi connectivity index (χ0v) is 16.5. The molecule has 0 spiro atoms. The summed E-state index contributed by atoms with van der Waals surface area (Å²) in [5.41, 5.74) is 0.646. The molecule has 0 fully saturated rings. The minimum atomic E-state index is -0.427. The van der Waals surface area contributed by atoms with Gasteiger partial charge in [0.05, 0.1) is 5.69 Å². The molecule has 3 rings (SSSR count). The summed E-state index contributed by atoms with van der Waals surface area (Å²) in [5, 5.41) is 4.20. The Morgan fingerprint density at radius 3 is 2.64 bits per heavy atom. The summed E-state index contributed by atoms with van der Waals surface area (Å²) in [4.78, 5) is 26.6. The van der Waals surface area contributed by atoms with Gasteiger partial charge >= 0.3 is 0 Å². The highest BCUT2D eigenvalue weighted by atomic mass is 79.9. The van der Waals surface area contributed by atoms with E-state index in [9.17, 15) is 14.0 Å². The SMILES string of the molecule is C=CCN(Cc1cc(Br)ccc1F)C(=O)c1ccc(=O)n(-c2ccccc2)n1. The number of hydrogen-bond donors (Lipinski definition) is 0. The Balaban J connectivity index is 1.95. The fourth-order valence-corrected chi connectivity index (χ4v) is 3.10. The van der Waals surface area contributed by atoms with E-state index in [-0.39, 0.29) is 24.3 Å². The van der Waals surface area contributed by atoms with Crippen LogP contribution in [0.25, 0.3) is 5.69 Å². The molecule has 1 aromatic heterocycles. The molecule has 0 aliphatic heterocycles. The molecular formula is C21H17BrFN3O2. The maximum atomic E-state index is 14.1. The van der Waals surface area contributed by atoms with Crippen LogP contribution in [-0.2, 0) is 6.54 Å². The Morgan fingerprint density at radius 1 is 1.18 bits per heavy atom. The van der Waals surface area contributed by atoms with Crippen molar-refractivity contribution in [3.05, 3.63) is 105 Å². The third kappa shape index (κ3) is 4.43. The van der Waals surface area contributed by atoms with E-state index in [1.807, 2.05) is 6.07 Å². The Kier molecular flexibility index (Phi) is 6.16. The lowest BCUT2D eigenvalue weighted by atomic mass is 10.2. The minimum Gasteiger partial charge on any atom is -0.329 e. The maximum Gasteiger partial charge on any atom is 0.274 e. The number of nitrogens with zero attached hydrogens (tertiary/aromatic N) is 3. The summed E-state index contributed by atoms with van der Waals surface area (Å²) in [6.45, 7) is 3.91. The number of carbonyl (C=O) groups excluding carboxylic acids is 1. The predicted molar refractivity (Wildman–Crippen MR) is 109 cm³/mol. The highest BCUT2D eigenvalue weighted by Gasteiger charge is 2.19. The topological polar surface area (TPSA) is 55.2 Å². The molecule has 2 aromatic carbocycles. The van der Waals surface area contributed by atoms with Crippen molar-refractivity contribution in [1.82, 2.24) is 14.7 Å². The standard InChI is InChI=1S/C21H17BrFN3O2/c1-2-12-25(14-15-13-16(22)8-9-18(15)23)21(28)19-10-11-20(27)26(24-19)17-6-4-3-5-7-17/h2-11,13H,1,12,14H2. The lowest BCUT2D eigenvalue weighted by Crippen LogP contribution is -2.33. The molecule has 0 saturated heterocycles. The molecule has 1 amide bonds. The maximum absolute atomic E-state index is 14.1. The number of para-hydroxylation sites is 1. The quantitative estimate of drug-likeness (QED) is 0.543. The van der Waals surface area contributed by atoms with Gasteiger partial charge in [0.15, 0.2) is 0 Å². The number of rotatable bonds is 6. The van der Waals surface area contributed by atoms with Crippen LogP contribution in [0.4, 0.5) is 4.39 Å². The van der Waals surface area contributed by atoms with Crippen LogP contribution in [-0.4, -0.2) is 27.1 Å². The van der Waals surface area contributed by atoms with Gasteiger partial charge in [0.25, 0.3) is 11.5 Å². The largest absolute Gasteiger partial charge is 0.329 e. The summed E-state index contributed by atoms with van der Waals surface area (Å²) in [6.07, 6.45) is 1.56. The Labute approximate surface area is 169 Å². The second-order valence-corrected chi connectivity index (χ2v) is 6.93. The summed E-state index contributed by atoms with van der Waals surface area (Å²) in [6, 6.07) is 16.0.